The zero-order valence-corrected chi connectivity index (χ0v) is 16.8. The summed E-state index contributed by atoms with van der Waals surface area (Å²) in [6.07, 6.45) is 1.85. The van der Waals surface area contributed by atoms with Crippen molar-refractivity contribution < 1.29 is 4.79 Å². The van der Waals surface area contributed by atoms with Crippen LogP contribution in [-0.2, 0) is 11.3 Å². The number of carbonyl (C=O) groups excluding carboxylic acids is 1. The van der Waals surface area contributed by atoms with Crippen molar-refractivity contribution in [1.82, 2.24) is 19.7 Å². The number of hydrogen-bond donors (Lipinski definition) is 1. The number of aryl methyl sites for hydroxylation is 1. The van der Waals surface area contributed by atoms with E-state index in [2.05, 4.69) is 34.3 Å². The summed E-state index contributed by atoms with van der Waals surface area (Å²) in [6.45, 7) is 8.91. The summed E-state index contributed by atoms with van der Waals surface area (Å²) in [6, 6.07) is 9.43. The second-order valence-corrected chi connectivity index (χ2v) is 7.20. The maximum atomic E-state index is 12.2. The molecule has 27 heavy (non-hydrogen) atoms. The Balaban J connectivity index is 1.76. The van der Waals surface area contributed by atoms with Gasteiger partial charge in [0.1, 0.15) is 0 Å². The van der Waals surface area contributed by atoms with Crippen molar-refractivity contribution in [3.05, 3.63) is 53.3 Å². The van der Waals surface area contributed by atoms with Crippen LogP contribution in [0.1, 0.15) is 23.7 Å². The van der Waals surface area contributed by atoms with E-state index in [0.717, 1.165) is 45.6 Å². The van der Waals surface area contributed by atoms with Gasteiger partial charge in [-0.25, -0.2) is 0 Å². The van der Waals surface area contributed by atoms with Crippen LogP contribution in [0.5, 0.6) is 0 Å². The van der Waals surface area contributed by atoms with Crippen LogP contribution in [0.2, 0.25) is 0 Å². The molecule has 0 aliphatic carbocycles. The minimum atomic E-state index is -0.0672. The highest BCUT2D eigenvalue weighted by Gasteiger charge is 2.17. The summed E-state index contributed by atoms with van der Waals surface area (Å²) in [5.74, 6) is 0.996. The predicted octanol–water partition coefficient (Wildman–Crippen LogP) is 4.02. The van der Waals surface area contributed by atoms with E-state index in [1.165, 1.54) is 11.8 Å². The first-order valence-electron chi connectivity index (χ1n) is 8.85. The molecule has 0 saturated heterocycles. The van der Waals surface area contributed by atoms with E-state index in [4.69, 9.17) is 0 Å². The first-order valence-corrected chi connectivity index (χ1v) is 9.84. The molecule has 0 aliphatic heterocycles. The average molecular weight is 382 g/mol. The normalized spacial score (nSPS) is 10.8. The molecule has 2 heterocycles. The van der Waals surface area contributed by atoms with Gasteiger partial charge in [-0.05, 0) is 51.0 Å². The van der Waals surface area contributed by atoms with Crippen LogP contribution in [0.3, 0.4) is 0 Å². The largest absolute Gasteiger partial charge is 0.325 e. The topological polar surface area (TPSA) is 72.7 Å². The summed E-state index contributed by atoms with van der Waals surface area (Å²) < 4.78 is 2.03. The summed E-state index contributed by atoms with van der Waals surface area (Å²) in [5.41, 5.74) is 5.11. The highest BCUT2D eigenvalue weighted by Crippen LogP contribution is 2.28. The maximum absolute atomic E-state index is 12.2. The molecule has 0 saturated carbocycles. The highest BCUT2D eigenvalue weighted by atomic mass is 32.2. The fourth-order valence-corrected chi connectivity index (χ4v) is 3.58. The third kappa shape index (κ3) is 4.19. The second-order valence-electron chi connectivity index (χ2n) is 6.26. The van der Waals surface area contributed by atoms with E-state index in [1.807, 2.05) is 54.9 Å². The molecule has 1 N–H and O–H groups in total. The van der Waals surface area contributed by atoms with Crippen LogP contribution in [-0.4, -0.2) is 31.4 Å². The summed E-state index contributed by atoms with van der Waals surface area (Å²) >= 11 is 1.38. The van der Waals surface area contributed by atoms with Gasteiger partial charge in [0.25, 0.3) is 0 Å². The monoisotopic (exact) mass is 381 g/mol. The van der Waals surface area contributed by atoms with Gasteiger partial charge >= 0.3 is 0 Å². The molecule has 0 bridgehead atoms. The molecule has 3 rings (SSSR count). The number of para-hydroxylation sites is 1. The lowest BCUT2D eigenvalue weighted by molar-refractivity contribution is -0.113. The van der Waals surface area contributed by atoms with Crippen molar-refractivity contribution in [2.45, 2.75) is 39.4 Å². The van der Waals surface area contributed by atoms with Gasteiger partial charge in [0.05, 0.1) is 5.75 Å². The van der Waals surface area contributed by atoms with Gasteiger partial charge in [-0.3, -0.25) is 9.78 Å². The number of nitrogens with zero attached hydrogens (tertiary/aromatic N) is 4. The van der Waals surface area contributed by atoms with Crippen molar-refractivity contribution >= 4 is 23.4 Å². The standard InChI is InChI=1S/C20H23N5OS/c1-5-25-19(17-11-21-15(4)13(2)14(17)3)23-24-20(25)27-12-18(26)22-16-9-7-6-8-10-16/h6-11H,5,12H2,1-4H3,(H,22,26). The molecule has 0 radical (unpaired) electrons. The highest BCUT2D eigenvalue weighted by molar-refractivity contribution is 7.99. The van der Waals surface area contributed by atoms with Gasteiger partial charge in [0.2, 0.25) is 5.91 Å². The van der Waals surface area contributed by atoms with Crippen LogP contribution in [0.15, 0.2) is 41.7 Å². The number of aromatic nitrogens is 4. The molecule has 0 aliphatic rings. The predicted molar refractivity (Wildman–Crippen MR) is 109 cm³/mol. The fraction of sp³-hybridized carbons (Fsp3) is 0.300. The van der Waals surface area contributed by atoms with E-state index in [-0.39, 0.29) is 11.7 Å². The second kappa shape index (κ2) is 8.35. The number of rotatable bonds is 6. The fourth-order valence-electron chi connectivity index (χ4n) is 2.78. The Labute approximate surface area is 163 Å². The molecule has 0 atom stereocenters. The van der Waals surface area contributed by atoms with Crippen molar-refractivity contribution in [1.29, 1.82) is 0 Å². The van der Waals surface area contributed by atoms with Gasteiger partial charge < -0.3 is 9.88 Å². The molecule has 2 aromatic heterocycles. The van der Waals surface area contributed by atoms with E-state index in [1.54, 1.807) is 0 Å². The van der Waals surface area contributed by atoms with Gasteiger partial charge in [0, 0.05) is 29.7 Å². The number of benzene rings is 1. The van der Waals surface area contributed by atoms with E-state index < -0.39 is 0 Å². The lowest BCUT2D eigenvalue weighted by Gasteiger charge is -2.12. The van der Waals surface area contributed by atoms with Crippen molar-refractivity contribution in [2.24, 2.45) is 0 Å². The molecular weight excluding hydrogens is 358 g/mol. The zero-order valence-electron chi connectivity index (χ0n) is 16.0. The van der Waals surface area contributed by atoms with Gasteiger partial charge in [-0.2, -0.15) is 0 Å². The Kier molecular flexibility index (Phi) is 5.91. The van der Waals surface area contributed by atoms with E-state index in [0.29, 0.717) is 0 Å². The number of nitrogens with one attached hydrogen (secondary N) is 1. The summed E-state index contributed by atoms with van der Waals surface area (Å²) in [5, 5.41) is 12.3. The zero-order chi connectivity index (χ0) is 19.4. The molecule has 140 valence electrons. The van der Waals surface area contributed by atoms with Crippen LogP contribution in [0, 0.1) is 20.8 Å². The van der Waals surface area contributed by atoms with Crippen LogP contribution in [0.4, 0.5) is 5.69 Å². The molecule has 0 unspecified atom stereocenters. The third-order valence-corrected chi connectivity index (χ3v) is 5.53. The first-order chi connectivity index (χ1) is 13.0. The van der Waals surface area contributed by atoms with Gasteiger partial charge in [-0.15, -0.1) is 10.2 Å². The van der Waals surface area contributed by atoms with Crippen molar-refractivity contribution in [3.63, 3.8) is 0 Å². The number of anilines is 1. The van der Waals surface area contributed by atoms with Gasteiger partial charge in [-0.1, -0.05) is 30.0 Å². The van der Waals surface area contributed by atoms with Crippen LogP contribution in [0.25, 0.3) is 11.4 Å². The molecule has 7 heteroatoms. The van der Waals surface area contributed by atoms with E-state index in [9.17, 15) is 4.79 Å². The molecular formula is C20H23N5OS. The Hall–Kier alpha value is -2.67. The maximum Gasteiger partial charge on any atom is 0.234 e. The molecule has 0 fully saturated rings. The lowest BCUT2D eigenvalue weighted by atomic mass is 10.0. The number of carbonyl (C=O) groups is 1. The number of hydrogen-bond acceptors (Lipinski definition) is 5. The first kappa shape index (κ1) is 19.1. The lowest BCUT2D eigenvalue weighted by Crippen LogP contribution is -2.14. The minimum absolute atomic E-state index is 0.0672. The van der Waals surface area contributed by atoms with Crippen molar-refractivity contribution in [2.75, 3.05) is 11.1 Å². The number of pyridine rings is 1. The average Bonchev–Trinajstić information content (AvgIpc) is 3.08. The molecule has 1 amide bonds. The summed E-state index contributed by atoms with van der Waals surface area (Å²) in [4.78, 5) is 16.7. The van der Waals surface area contributed by atoms with E-state index >= 15 is 0 Å². The van der Waals surface area contributed by atoms with Gasteiger partial charge in [0.15, 0.2) is 11.0 Å². The van der Waals surface area contributed by atoms with Crippen molar-refractivity contribution in [3.8, 4) is 11.4 Å². The third-order valence-electron chi connectivity index (χ3n) is 4.56. The molecule has 3 aromatic rings. The number of amides is 1. The molecule has 0 spiro atoms. The summed E-state index contributed by atoms with van der Waals surface area (Å²) in [7, 11) is 0. The van der Waals surface area contributed by atoms with Crippen LogP contribution < -0.4 is 5.32 Å². The Morgan fingerprint density at radius 2 is 1.85 bits per heavy atom. The minimum Gasteiger partial charge on any atom is -0.325 e. The Morgan fingerprint density at radius 1 is 1.11 bits per heavy atom. The Morgan fingerprint density at radius 3 is 2.56 bits per heavy atom. The Bertz CT molecular complexity index is 953. The molecule has 6 nitrogen and oxygen atoms in total. The molecule has 1 aromatic carbocycles. The van der Waals surface area contributed by atoms with Crippen LogP contribution >= 0.6 is 11.8 Å². The smallest absolute Gasteiger partial charge is 0.234 e. The number of thioether (sulfide) groups is 1. The quantitative estimate of drug-likeness (QED) is 0.653. The SMILES string of the molecule is CCn1c(SCC(=O)Nc2ccccc2)nnc1-c1cnc(C)c(C)c1C.